The summed E-state index contributed by atoms with van der Waals surface area (Å²) in [4.78, 5) is 11.8. The first-order valence-corrected chi connectivity index (χ1v) is 6.74. The Morgan fingerprint density at radius 2 is 2.21 bits per heavy atom. The predicted molar refractivity (Wildman–Crippen MR) is 73.2 cm³/mol. The highest BCUT2D eigenvalue weighted by Gasteiger charge is 2.16. The summed E-state index contributed by atoms with van der Waals surface area (Å²) in [5.41, 5.74) is 1.60. The second kappa shape index (κ2) is 6.91. The van der Waals surface area contributed by atoms with Crippen LogP contribution in [0.15, 0.2) is 24.3 Å². The molecule has 0 aromatic heterocycles. The van der Waals surface area contributed by atoms with Gasteiger partial charge in [-0.1, -0.05) is 12.1 Å². The molecule has 1 aliphatic heterocycles. The molecule has 0 bridgehead atoms. The number of carbonyl (C=O) groups excluding carboxylic acids is 1. The molecule has 1 saturated heterocycles. The third-order valence-electron chi connectivity index (χ3n) is 3.48. The largest absolute Gasteiger partial charge is 0.352 e. The topological polar surface area (TPSA) is 64.9 Å². The zero-order valence-electron chi connectivity index (χ0n) is 11.0. The smallest absolute Gasteiger partial charge is 0.220 e. The monoisotopic (exact) mass is 257 g/mol. The van der Waals surface area contributed by atoms with Gasteiger partial charge in [-0.05, 0) is 49.5 Å². The Labute approximate surface area is 113 Å². The molecule has 1 aromatic rings. The molecule has 2 N–H and O–H groups in total. The first-order valence-electron chi connectivity index (χ1n) is 6.74. The summed E-state index contributed by atoms with van der Waals surface area (Å²) in [7, 11) is 0. The van der Waals surface area contributed by atoms with Crippen LogP contribution in [0.5, 0.6) is 0 Å². The van der Waals surface area contributed by atoms with Crippen LogP contribution in [-0.4, -0.2) is 19.0 Å². The Morgan fingerprint density at radius 3 is 2.95 bits per heavy atom. The molecular weight excluding hydrogens is 238 g/mol. The highest BCUT2D eigenvalue weighted by Crippen LogP contribution is 2.15. The zero-order chi connectivity index (χ0) is 13.5. The van der Waals surface area contributed by atoms with Crippen molar-refractivity contribution < 1.29 is 4.79 Å². The van der Waals surface area contributed by atoms with Gasteiger partial charge in [0.15, 0.2) is 0 Å². The minimum atomic E-state index is 0.106. The Kier molecular flexibility index (Phi) is 4.93. The van der Waals surface area contributed by atoms with Crippen molar-refractivity contribution in [1.29, 1.82) is 5.26 Å². The maximum Gasteiger partial charge on any atom is 0.220 e. The van der Waals surface area contributed by atoms with Crippen LogP contribution in [0.2, 0.25) is 0 Å². The number of benzene rings is 1. The molecule has 0 unspecified atom stereocenters. The number of hydrogen-bond donors (Lipinski definition) is 2. The minimum absolute atomic E-state index is 0.106. The molecular formula is C15H19N3O. The normalized spacial score (nSPS) is 15.7. The van der Waals surface area contributed by atoms with Crippen molar-refractivity contribution >= 4 is 5.91 Å². The minimum Gasteiger partial charge on any atom is -0.352 e. The quantitative estimate of drug-likeness (QED) is 0.860. The van der Waals surface area contributed by atoms with Gasteiger partial charge in [0.25, 0.3) is 0 Å². The Bertz CT molecular complexity index is 473. The van der Waals surface area contributed by atoms with Gasteiger partial charge in [0, 0.05) is 13.0 Å². The molecule has 1 heterocycles. The van der Waals surface area contributed by atoms with Crippen molar-refractivity contribution in [1.82, 2.24) is 10.6 Å². The van der Waals surface area contributed by atoms with Crippen LogP contribution in [0.4, 0.5) is 0 Å². The van der Waals surface area contributed by atoms with E-state index in [2.05, 4.69) is 16.7 Å². The molecule has 0 radical (unpaired) electrons. The van der Waals surface area contributed by atoms with Crippen LogP contribution in [0.3, 0.4) is 0 Å². The van der Waals surface area contributed by atoms with E-state index in [1.807, 2.05) is 18.2 Å². The molecule has 19 heavy (non-hydrogen) atoms. The second-order valence-corrected chi connectivity index (χ2v) is 4.99. The number of carbonyl (C=O) groups is 1. The van der Waals surface area contributed by atoms with Gasteiger partial charge in [-0.3, -0.25) is 4.79 Å². The predicted octanol–water partition coefficient (Wildman–Crippen LogP) is 1.56. The molecule has 0 atom stereocenters. The van der Waals surface area contributed by atoms with Gasteiger partial charge in [-0.25, -0.2) is 0 Å². The molecule has 100 valence electrons. The number of nitrogens with zero attached hydrogens (tertiary/aromatic N) is 1. The Hall–Kier alpha value is -1.86. The maximum atomic E-state index is 11.8. The van der Waals surface area contributed by atoms with Crippen LogP contribution in [0.1, 0.15) is 30.4 Å². The molecule has 0 spiro atoms. The first-order chi connectivity index (χ1) is 9.28. The fourth-order valence-corrected chi connectivity index (χ4v) is 2.37. The van der Waals surface area contributed by atoms with Gasteiger partial charge < -0.3 is 10.6 Å². The molecule has 1 amide bonds. The van der Waals surface area contributed by atoms with Crippen molar-refractivity contribution in [3.05, 3.63) is 35.4 Å². The van der Waals surface area contributed by atoms with E-state index < -0.39 is 0 Å². The fourth-order valence-electron chi connectivity index (χ4n) is 2.37. The van der Waals surface area contributed by atoms with Crippen LogP contribution in [0, 0.1) is 17.2 Å². The average molecular weight is 257 g/mol. The van der Waals surface area contributed by atoms with E-state index in [4.69, 9.17) is 5.26 Å². The van der Waals surface area contributed by atoms with Crippen molar-refractivity contribution in [2.24, 2.45) is 5.92 Å². The summed E-state index contributed by atoms with van der Waals surface area (Å²) >= 11 is 0. The lowest BCUT2D eigenvalue weighted by molar-refractivity contribution is -0.122. The number of nitrogens with one attached hydrogen (secondary N) is 2. The summed E-state index contributed by atoms with van der Waals surface area (Å²) < 4.78 is 0. The van der Waals surface area contributed by atoms with Gasteiger partial charge in [0.05, 0.1) is 11.6 Å². The summed E-state index contributed by atoms with van der Waals surface area (Å²) in [5, 5.41) is 15.0. The maximum absolute atomic E-state index is 11.8. The lowest BCUT2D eigenvalue weighted by atomic mass is 9.94. The molecule has 4 heteroatoms. The fraction of sp³-hybridized carbons (Fsp3) is 0.467. The Morgan fingerprint density at radius 1 is 1.42 bits per heavy atom. The second-order valence-electron chi connectivity index (χ2n) is 4.99. The van der Waals surface area contributed by atoms with Crippen molar-refractivity contribution in [3.8, 4) is 6.07 Å². The standard InChI is InChI=1S/C15H19N3O/c16-10-13-2-1-3-14(8-13)11-18-15(19)9-12-4-6-17-7-5-12/h1-3,8,12,17H,4-7,9,11H2,(H,18,19). The highest BCUT2D eigenvalue weighted by atomic mass is 16.1. The van der Waals surface area contributed by atoms with Gasteiger partial charge in [-0.2, -0.15) is 5.26 Å². The Balaban J connectivity index is 1.78. The molecule has 2 rings (SSSR count). The number of rotatable bonds is 4. The number of piperidine rings is 1. The lowest BCUT2D eigenvalue weighted by Gasteiger charge is -2.21. The first kappa shape index (κ1) is 13.6. The van der Waals surface area contributed by atoms with Crippen molar-refractivity contribution in [3.63, 3.8) is 0 Å². The summed E-state index contributed by atoms with van der Waals surface area (Å²) in [6.45, 7) is 2.53. The summed E-state index contributed by atoms with van der Waals surface area (Å²) in [6.07, 6.45) is 2.77. The third kappa shape index (κ3) is 4.38. The van der Waals surface area contributed by atoms with Gasteiger partial charge in [-0.15, -0.1) is 0 Å². The SMILES string of the molecule is N#Cc1cccc(CNC(=O)CC2CCNCC2)c1. The number of amides is 1. The molecule has 1 fully saturated rings. The molecule has 0 aliphatic carbocycles. The average Bonchev–Trinajstić information content (AvgIpc) is 2.46. The van der Waals surface area contributed by atoms with E-state index >= 15 is 0 Å². The van der Waals surface area contributed by atoms with Crippen LogP contribution < -0.4 is 10.6 Å². The number of nitriles is 1. The third-order valence-corrected chi connectivity index (χ3v) is 3.48. The summed E-state index contributed by atoms with van der Waals surface area (Å²) in [6, 6.07) is 9.44. The molecule has 0 saturated carbocycles. The molecule has 1 aliphatic rings. The highest BCUT2D eigenvalue weighted by molar-refractivity contribution is 5.76. The molecule has 1 aromatic carbocycles. The van der Waals surface area contributed by atoms with Gasteiger partial charge in [0.1, 0.15) is 0 Å². The van der Waals surface area contributed by atoms with Gasteiger partial charge >= 0.3 is 0 Å². The van der Waals surface area contributed by atoms with E-state index in [1.165, 1.54) is 0 Å². The van der Waals surface area contributed by atoms with Crippen LogP contribution in [-0.2, 0) is 11.3 Å². The summed E-state index contributed by atoms with van der Waals surface area (Å²) in [5.74, 6) is 0.612. The van der Waals surface area contributed by atoms with Gasteiger partial charge in [0.2, 0.25) is 5.91 Å². The van der Waals surface area contributed by atoms with Crippen LogP contribution >= 0.6 is 0 Å². The van der Waals surface area contributed by atoms with E-state index in [0.29, 0.717) is 24.4 Å². The number of hydrogen-bond acceptors (Lipinski definition) is 3. The zero-order valence-corrected chi connectivity index (χ0v) is 11.0. The van der Waals surface area contributed by atoms with E-state index in [0.717, 1.165) is 31.5 Å². The van der Waals surface area contributed by atoms with Crippen LogP contribution in [0.25, 0.3) is 0 Å². The lowest BCUT2D eigenvalue weighted by Crippen LogP contribution is -2.32. The van der Waals surface area contributed by atoms with E-state index in [-0.39, 0.29) is 5.91 Å². The van der Waals surface area contributed by atoms with E-state index in [9.17, 15) is 4.79 Å². The van der Waals surface area contributed by atoms with Crippen molar-refractivity contribution in [2.45, 2.75) is 25.8 Å². The molecule has 4 nitrogen and oxygen atoms in total. The van der Waals surface area contributed by atoms with Crippen molar-refractivity contribution in [2.75, 3.05) is 13.1 Å². The van der Waals surface area contributed by atoms with E-state index in [1.54, 1.807) is 6.07 Å².